The third kappa shape index (κ3) is 7.66. The van der Waals surface area contributed by atoms with Gasteiger partial charge in [0.1, 0.15) is 0 Å². The first-order valence-corrected chi connectivity index (χ1v) is 4.36. The number of hydrogen-bond donors (Lipinski definition) is 3. The molecule has 1 rings (SSSR count). The van der Waals surface area contributed by atoms with Gasteiger partial charge in [0.05, 0.1) is 26.1 Å². The van der Waals surface area contributed by atoms with E-state index in [-0.39, 0.29) is 26.1 Å². The van der Waals surface area contributed by atoms with Gasteiger partial charge in [-0.05, 0) is 0 Å². The van der Waals surface area contributed by atoms with Crippen LogP contribution in [-0.4, -0.2) is 48.5 Å². The molecule has 1 heterocycles. The lowest BCUT2D eigenvalue weighted by molar-refractivity contribution is -0.151. The first-order chi connectivity index (χ1) is 6.70. The number of carbonyl (C=O) groups excluding carboxylic acids is 2. The number of ether oxygens (including phenoxy) is 1. The summed E-state index contributed by atoms with van der Waals surface area (Å²) in [5.41, 5.74) is 0. The Balaban J connectivity index is 0.000000241. The van der Waals surface area contributed by atoms with Crippen LogP contribution >= 0.6 is 0 Å². The first kappa shape index (κ1) is 13.0. The van der Waals surface area contributed by atoms with E-state index in [1.807, 2.05) is 0 Å². The van der Waals surface area contributed by atoms with Crippen molar-refractivity contribution in [3.8, 4) is 0 Å². The van der Waals surface area contributed by atoms with Crippen molar-refractivity contribution >= 4 is 11.9 Å². The molecule has 1 aliphatic rings. The summed E-state index contributed by atoms with van der Waals surface area (Å²) in [7, 11) is 0. The van der Waals surface area contributed by atoms with E-state index in [0.29, 0.717) is 13.1 Å². The molecule has 0 spiro atoms. The lowest BCUT2D eigenvalue weighted by Gasteiger charge is -1.94. The van der Waals surface area contributed by atoms with Crippen LogP contribution in [0.3, 0.4) is 0 Å². The maximum absolute atomic E-state index is 10.0. The monoisotopic (exact) mass is 205 g/mol. The van der Waals surface area contributed by atoms with Gasteiger partial charge in [-0.15, -0.1) is 0 Å². The van der Waals surface area contributed by atoms with Crippen LogP contribution in [0, 0.1) is 0 Å². The van der Waals surface area contributed by atoms with E-state index < -0.39 is 11.9 Å². The largest absolute Gasteiger partial charge is 0.395 e. The summed E-state index contributed by atoms with van der Waals surface area (Å²) in [6.07, 6.45) is 0.525. The van der Waals surface area contributed by atoms with Gasteiger partial charge in [0.25, 0.3) is 0 Å². The molecule has 0 bridgehead atoms. The minimum Gasteiger partial charge on any atom is -0.395 e. The predicted molar refractivity (Wildman–Crippen MR) is 47.4 cm³/mol. The van der Waals surface area contributed by atoms with Gasteiger partial charge in [-0.2, -0.15) is 0 Å². The zero-order chi connectivity index (χ0) is 10.8. The number of hydrogen-bond acceptors (Lipinski definition) is 6. The quantitative estimate of drug-likeness (QED) is 0.291. The van der Waals surface area contributed by atoms with E-state index in [1.165, 1.54) is 0 Å². The third-order valence-electron chi connectivity index (χ3n) is 1.34. The van der Waals surface area contributed by atoms with Crippen LogP contribution in [0.1, 0.15) is 12.8 Å². The Kier molecular flexibility index (Phi) is 8.01. The molecule has 0 aliphatic carbocycles. The molecule has 3 N–H and O–H groups in total. The van der Waals surface area contributed by atoms with Crippen molar-refractivity contribution in [1.82, 2.24) is 5.32 Å². The van der Waals surface area contributed by atoms with Gasteiger partial charge in [-0.3, -0.25) is 9.59 Å². The van der Waals surface area contributed by atoms with Crippen LogP contribution in [0.4, 0.5) is 0 Å². The predicted octanol–water partition coefficient (Wildman–Crippen LogP) is -1.59. The fraction of sp³-hybridized carbons (Fsp3) is 0.750. The normalized spacial score (nSPS) is 14.7. The maximum atomic E-state index is 10.0. The van der Waals surface area contributed by atoms with E-state index in [1.54, 1.807) is 0 Å². The number of cyclic esters (lactones) is 2. The molecular weight excluding hydrogens is 190 g/mol. The molecule has 0 unspecified atom stereocenters. The Morgan fingerprint density at radius 1 is 1.07 bits per heavy atom. The second-order valence-electron chi connectivity index (χ2n) is 2.54. The summed E-state index contributed by atoms with van der Waals surface area (Å²) < 4.78 is 4.08. The molecule has 1 saturated heterocycles. The van der Waals surface area contributed by atoms with Crippen molar-refractivity contribution < 1.29 is 24.5 Å². The van der Waals surface area contributed by atoms with E-state index in [4.69, 9.17) is 10.2 Å². The van der Waals surface area contributed by atoms with Crippen LogP contribution in [0.2, 0.25) is 0 Å². The standard InChI is InChI=1S/C4H11NO2.C4H4O3/c6-3-1-5-2-4-7;5-3-1-2-4(6)7-3/h5-7H,1-4H2;1-2H2. The van der Waals surface area contributed by atoms with Gasteiger partial charge < -0.3 is 20.3 Å². The second-order valence-corrected chi connectivity index (χ2v) is 2.54. The van der Waals surface area contributed by atoms with Gasteiger partial charge in [0.15, 0.2) is 0 Å². The topological polar surface area (TPSA) is 95.9 Å². The highest BCUT2D eigenvalue weighted by atomic mass is 16.6. The molecule has 0 aromatic rings. The fourth-order valence-corrected chi connectivity index (χ4v) is 0.716. The van der Waals surface area contributed by atoms with E-state index >= 15 is 0 Å². The lowest BCUT2D eigenvalue weighted by atomic mass is 10.4. The zero-order valence-corrected chi connectivity index (χ0v) is 7.86. The van der Waals surface area contributed by atoms with Gasteiger partial charge in [0.2, 0.25) is 0 Å². The maximum Gasteiger partial charge on any atom is 0.314 e. The van der Waals surface area contributed by atoms with E-state index in [9.17, 15) is 9.59 Å². The number of carbonyl (C=O) groups is 2. The highest BCUT2D eigenvalue weighted by molar-refractivity contribution is 5.92. The van der Waals surface area contributed by atoms with Crippen LogP contribution in [-0.2, 0) is 14.3 Å². The number of aliphatic hydroxyl groups excluding tert-OH is 2. The number of esters is 2. The molecule has 6 nitrogen and oxygen atoms in total. The number of nitrogens with one attached hydrogen (secondary N) is 1. The van der Waals surface area contributed by atoms with Crippen LogP contribution in [0.25, 0.3) is 0 Å². The van der Waals surface area contributed by atoms with E-state index in [0.717, 1.165) is 0 Å². The minimum absolute atomic E-state index is 0.139. The summed E-state index contributed by atoms with van der Waals surface area (Å²) in [4.78, 5) is 20.0. The van der Waals surface area contributed by atoms with E-state index in [2.05, 4.69) is 10.1 Å². The molecule has 1 aliphatic heterocycles. The molecule has 0 amide bonds. The minimum atomic E-state index is -0.398. The first-order valence-electron chi connectivity index (χ1n) is 4.36. The molecule has 1 fully saturated rings. The van der Waals surface area contributed by atoms with Crippen molar-refractivity contribution in [2.24, 2.45) is 0 Å². The number of rotatable bonds is 4. The summed E-state index contributed by atoms with van der Waals surface area (Å²) in [6.45, 7) is 1.42. The van der Waals surface area contributed by atoms with Gasteiger partial charge in [-0.1, -0.05) is 0 Å². The van der Waals surface area contributed by atoms with Crippen LogP contribution < -0.4 is 5.32 Å². The Labute approximate surface area is 81.9 Å². The van der Waals surface area contributed by atoms with Crippen LogP contribution in [0.5, 0.6) is 0 Å². The average molecular weight is 205 g/mol. The average Bonchev–Trinajstić information content (AvgIpc) is 2.52. The Hall–Kier alpha value is -0.980. The third-order valence-corrected chi connectivity index (χ3v) is 1.34. The summed E-state index contributed by atoms with van der Waals surface area (Å²) in [5, 5.41) is 19.1. The molecule has 0 saturated carbocycles. The second kappa shape index (κ2) is 8.61. The smallest absolute Gasteiger partial charge is 0.314 e. The van der Waals surface area contributed by atoms with Gasteiger partial charge in [0, 0.05) is 13.1 Å². The van der Waals surface area contributed by atoms with Crippen molar-refractivity contribution in [2.75, 3.05) is 26.3 Å². The Morgan fingerprint density at radius 3 is 1.71 bits per heavy atom. The van der Waals surface area contributed by atoms with Gasteiger partial charge in [-0.25, -0.2) is 0 Å². The molecule has 0 aromatic heterocycles. The summed E-state index contributed by atoms with van der Waals surface area (Å²) in [5.74, 6) is -0.796. The molecule has 0 aromatic carbocycles. The SMILES string of the molecule is O=C1CCC(=O)O1.OCCNCCO. The number of aliphatic hydroxyl groups is 2. The van der Waals surface area contributed by atoms with Crippen molar-refractivity contribution in [1.29, 1.82) is 0 Å². The van der Waals surface area contributed by atoms with Crippen molar-refractivity contribution in [3.63, 3.8) is 0 Å². The summed E-state index contributed by atoms with van der Waals surface area (Å²) >= 11 is 0. The fourth-order valence-electron chi connectivity index (χ4n) is 0.716. The zero-order valence-electron chi connectivity index (χ0n) is 7.86. The van der Waals surface area contributed by atoms with Crippen LogP contribution in [0.15, 0.2) is 0 Å². The molecule has 14 heavy (non-hydrogen) atoms. The molecule has 0 radical (unpaired) electrons. The molecule has 82 valence electrons. The molecule has 6 heteroatoms. The van der Waals surface area contributed by atoms with Crippen molar-refractivity contribution in [2.45, 2.75) is 12.8 Å². The lowest BCUT2D eigenvalue weighted by Crippen LogP contribution is -2.21. The van der Waals surface area contributed by atoms with Gasteiger partial charge >= 0.3 is 11.9 Å². The molecular formula is C8H15NO5. The molecule has 0 atom stereocenters. The Bertz CT molecular complexity index is 165. The Morgan fingerprint density at radius 2 is 1.50 bits per heavy atom. The van der Waals surface area contributed by atoms with Crippen molar-refractivity contribution in [3.05, 3.63) is 0 Å². The highest BCUT2D eigenvalue weighted by Gasteiger charge is 2.19. The highest BCUT2D eigenvalue weighted by Crippen LogP contribution is 2.03. The summed E-state index contributed by atoms with van der Waals surface area (Å²) in [6, 6.07) is 0.